The fourth-order valence-corrected chi connectivity index (χ4v) is 3.29. The summed E-state index contributed by atoms with van der Waals surface area (Å²) in [6.45, 7) is 2.44. The molecular weight excluding hydrogens is 401 g/mol. The molecular formula is C11H11ClIN3O2S. The van der Waals surface area contributed by atoms with E-state index >= 15 is 0 Å². The number of nitrogens with zero attached hydrogens (tertiary/aromatic N) is 3. The van der Waals surface area contributed by atoms with E-state index in [1.54, 1.807) is 4.57 Å². The van der Waals surface area contributed by atoms with Gasteiger partial charge in [0, 0.05) is 26.4 Å². The number of hydrogen-bond donors (Lipinski definition) is 0. The van der Waals surface area contributed by atoms with Crippen LogP contribution in [0.2, 0.25) is 0 Å². The van der Waals surface area contributed by atoms with Crippen LogP contribution in [0.4, 0.5) is 0 Å². The SMILES string of the molecule is CCCn1c(-c2ccccc2I)nnc1S(=O)(=O)Cl. The topological polar surface area (TPSA) is 64.8 Å². The summed E-state index contributed by atoms with van der Waals surface area (Å²) in [4.78, 5) is 0. The average Bonchev–Trinajstić information content (AvgIpc) is 2.74. The quantitative estimate of drug-likeness (QED) is 0.573. The summed E-state index contributed by atoms with van der Waals surface area (Å²) < 4.78 is 25.5. The summed E-state index contributed by atoms with van der Waals surface area (Å²) in [5, 5.41) is 7.49. The van der Waals surface area contributed by atoms with Crippen LogP contribution in [0.3, 0.4) is 0 Å². The molecule has 0 amide bonds. The van der Waals surface area contributed by atoms with E-state index in [0.717, 1.165) is 15.6 Å². The monoisotopic (exact) mass is 411 g/mol. The van der Waals surface area contributed by atoms with Crippen molar-refractivity contribution in [3.8, 4) is 11.4 Å². The van der Waals surface area contributed by atoms with Crippen molar-refractivity contribution in [1.29, 1.82) is 0 Å². The molecule has 1 heterocycles. The highest BCUT2D eigenvalue weighted by atomic mass is 127. The van der Waals surface area contributed by atoms with Crippen LogP contribution in [-0.4, -0.2) is 23.2 Å². The highest BCUT2D eigenvalue weighted by Crippen LogP contribution is 2.26. The molecule has 1 aromatic carbocycles. The lowest BCUT2D eigenvalue weighted by Gasteiger charge is -2.08. The number of rotatable bonds is 4. The Morgan fingerprint density at radius 1 is 1.32 bits per heavy atom. The average molecular weight is 412 g/mol. The highest BCUT2D eigenvalue weighted by Gasteiger charge is 2.23. The van der Waals surface area contributed by atoms with Gasteiger partial charge in [-0.05, 0) is 35.1 Å². The van der Waals surface area contributed by atoms with Crippen LogP contribution in [-0.2, 0) is 15.6 Å². The van der Waals surface area contributed by atoms with Crippen LogP contribution in [0, 0.1) is 3.57 Å². The Kier molecular flexibility index (Phi) is 4.46. The molecule has 19 heavy (non-hydrogen) atoms. The van der Waals surface area contributed by atoms with Gasteiger partial charge in [0.2, 0.25) is 0 Å². The molecule has 0 aliphatic rings. The lowest BCUT2D eigenvalue weighted by Crippen LogP contribution is -2.08. The predicted octanol–water partition coefficient (Wildman–Crippen LogP) is 2.89. The summed E-state index contributed by atoms with van der Waals surface area (Å²) in [7, 11) is 1.49. The van der Waals surface area contributed by atoms with E-state index in [1.165, 1.54) is 0 Å². The van der Waals surface area contributed by atoms with E-state index in [0.29, 0.717) is 12.4 Å². The molecule has 1 aromatic heterocycles. The number of aromatic nitrogens is 3. The maximum absolute atomic E-state index is 11.5. The van der Waals surface area contributed by atoms with Gasteiger partial charge in [-0.1, -0.05) is 25.1 Å². The van der Waals surface area contributed by atoms with Gasteiger partial charge in [-0.15, -0.1) is 10.2 Å². The van der Waals surface area contributed by atoms with E-state index < -0.39 is 9.05 Å². The molecule has 0 radical (unpaired) electrons. The Balaban J connectivity index is 2.66. The van der Waals surface area contributed by atoms with Crippen LogP contribution in [0.15, 0.2) is 29.4 Å². The summed E-state index contributed by atoms with van der Waals surface area (Å²) in [5.74, 6) is 0.520. The van der Waals surface area contributed by atoms with E-state index in [4.69, 9.17) is 10.7 Å². The molecule has 0 aliphatic heterocycles. The normalized spacial score (nSPS) is 11.7. The molecule has 0 saturated heterocycles. The molecule has 5 nitrogen and oxygen atoms in total. The van der Waals surface area contributed by atoms with E-state index in [2.05, 4.69) is 32.8 Å². The molecule has 0 spiro atoms. The Morgan fingerprint density at radius 2 is 2.00 bits per heavy atom. The van der Waals surface area contributed by atoms with Crippen molar-refractivity contribution < 1.29 is 8.42 Å². The minimum atomic E-state index is -3.90. The van der Waals surface area contributed by atoms with Gasteiger partial charge in [-0.25, -0.2) is 8.42 Å². The van der Waals surface area contributed by atoms with Crippen LogP contribution in [0.25, 0.3) is 11.4 Å². The summed E-state index contributed by atoms with van der Waals surface area (Å²) in [6, 6.07) is 7.58. The molecule has 0 unspecified atom stereocenters. The number of hydrogen-bond acceptors (Lipinski definition) is 4. The van der Waals surface area contributed by atoms with Crippen LogP contribution in [0.1, 0.15) is 13.3 Å². The second kappa shape index (κ2) is 5.76. The van der Waals surface area contributed by atoms with Crippen molar-refractivity contribution in [3.63, 3.8) is 0 Å². The van der Waals surface area contributed by atoms with Gasteiger partial charge in [-0.3, -0.25) is 4.57 Å². The smallest absolute Gasteiger partial charge is 0.296 e. The summed E-state index contributed by atoms with van der Waals surface area (Å²) >= 11 is 2.18. The minimum Gasteiger partial charge on any atom is -0.297 e. The number of halogens is 2. The summed E-state index contributed by atoms with van der Waals surface area (Å²) in [5.41, 5.74) is 0.843. The van der Waals surface area contributed by atoms with Gasteiger partial charge in [-0.2, -0.15) is 0 Å². The highest BCUT2D eigenvalue weighted by molar-refractivity contribution is 14.1. The van der Waals surface area contributed by atoms with E-state index in [-0.39, 0.29) is 5.16 Å². The first-order valence-electron chi connectivity index (χ1n) is 5.58. The van der Waals surface area contributed by atoms with Gasteiger partial charge >= 0.3 is 0 Å². The third-order valence-electron chi connectivity index (χ3n) is 2.50. The van der Waals surface area contributed by atoms with E-state index in [9.17, 15) is 8.42 Å². The first kappa shape index (κ1) is 14.7. The van der Waals surface area contributed by atoms with Gasteiger partial charge in [0.05, 0.1) is 0 Å². The second-order valence-corrected chi connectivity index (χ2v) is 7.50. The molecule has 0 fully saturated rings. The molecule has 2 rings (SSSR count). The molecule has 0 N–H and O–H groups in total. The second-order valence-electron chi connectivity index (χ2n) is 3.88. The number of benzene rings is 1. The fraction of sp³-hybridized carbons (Fsp3) is 0.273. The molecule has 2 aromatic rings. The summed E-state index contributed by atoms with van der Waals surface area (Å²) in [6.07, 6.45) is 0.758. The fourth-order valence-electron chi connectivity index (χ4n) is 1.74. The minimum absolute atomic E-state index is 0.203. The standard InChI is InChI=1S/C11H11ClIN3O2S/c1-2-7-16-10(8-5-3-4-6-9(8)13)14-15-11(16)19(12,17)18/h3-6H,2,7H2,1H3. The molecule has 0 bridgehead atoms. The third kappa shape index (κ3) is 3.09. The van der Waals surface area contributed by atoms with Crippen LogP contribution >= 0.6 is 33.3 Å². The van der Waals surface area contributed by atoms with Crippen molar-refractivity contribution in [1.82, 2.24) is 14.8 Å². The largest absolute Gasteiger partial charge is 0.297 e. The van der Waals surface area contributed by atoms with Crippen molar-refractivity contribution in [2.24, 2.45) is 0 Å². The Bertz CT molecular complexity index is 700. The van der Waals surface area contributed by atoms with Crippen molar-refractivity contribution in [2.75, 3.05) is 0 Å². The van der Waals surface area contributed by atoms with Crippen LogP contribution < -0.4 is 0 Å². The zero-order chi connectivity index (χ0) is 14.0. The maximum atomic E-state index is 11.5. The van der Waals surface area contributed by atoms with Crippen molar-refractivity contribution in [3.05, 3.63) is 27.8 Å². The Labute approximate surface area is 129 Å². The van der Waals surface area contributed by atoms with E-state index in [1.807, 2.05) is 31.2 Å². The third-order valence-corrected chi connectivity index (χ3v) is 4.59. The molecule has 0 atom stereocenters. The van der Waals surface area contributed by atoms with Gasteiger partial charge < -0.3 is 0 Å². The van der Waals surface area contributed by atoms with Crippen LogP contribution in [0.5, 0.6) is 0 Å². The predicted molar refractivity (Wildman–Crippen MR) is 81.5 cm³/mol. The lowest BCUT2D eigenvalue weighted by atomic mass is 10.2. The first-order valence-corrected chi connectivity index (χ1v) is 8.96. The lowest BCUT2D eigenvalue weighted by molar-refractivity contribution is 0.570. The first-order chi connectivity index (χ1) is 8.95. The van der Waals surface area contributed by atoms with Crippen molar-refractivity contribution >= 4 is 42.3 Å². The van der Waals surface area contributed by atoms with Gasteiger partial charge in [0.15, 0.2) is 5.82 Å². The van der Waals surface area contributed by atoms with Crippen molar-refractivity contribution in [2.45, 2.75) is 25.0 Å². The van der Waals surface area contributed by atoms with Gasteiger partial charge in [0.1, 0.15) is 0 Å². The zero-order valence-corrected chi connectivity index (χ0v) is 13.8. The Hall–Kier alpha value is -0.670. The molecule has 0 saturated carbocycles. The van der Waals surface area contributed by atoms with Gasteiger partial charge in [0.25, 0.3) is 14.2 Å². The molecule has 8 heteroatoms. The molecule has 0 aliphatic carbocycles. The Morgan fingerprint density at radius 3 is 2.58 bits per heavy atom. The zero-order valence-electron chi connectivity index (χ0n) is 10.0. The maximum Gasteiger partial charge on any atom is 0.296 e. The molecule has 102 valence electrons.